The third-order valence-corrected chi connectivity index (χ3v) is 18.6. The van der Waals surface area contributed by atoms with Crippen molar-refractivity contribution in [3.05, 3.63) is 11.6 Å². The molecule has 224 valence electrons. The van der Waals surface area contributed by atoms with E-state index in [1.165, 1.54) is 68.7 Å². The molecule has 0 saturated carbocycles. The molecular weight excluding hydrogens is 555 g/mol. The van der Waals surface area contributed by atoms with E-state index >= 15 is 0 Å². The average Bonchev–Trinajstić information content (AvgIpc) is 2.80. The van der Waals surface area contributed by atoms with E-state index in [0.717, 1.165) is 6.42 Å². The minimum absolute atomic E-state index is 0. The molecule has 0 aromatic rings. The number of hydrogen-bond acceptors (Lipinski definition) is 2. The summed E-state index contributed by atoms with van der Waals surface area (Å²) < 4.78 is 6.97. The summed E-state index contributed by atoms with van der Waals surface area (Å²) in [5, 5.41) is 11.7. The van der Waals surface area contributed by atoms with Crippen molar-refractivity contribution in [2.45, 2.75) is 151 Å². The van der Waals surface area contributed by atoms with Crippen molar-refractivity contribution >= 4 is 15.6 Å². The quantitative estimate of drug-likeness (QED) is 0.0922. The highest BCUT2D eigenvalue weighted by Gasteiger charge is 2.43. The van der Waals surface area contributed by atoms with Crippen LogP contribution in [-0.2, 0) is 4.43 Å². The van der Waals surface area contributed by atoms with E-state index in [-0.39, 0.29) is 46.1 Å². The molecule has 0 saturated heterocycles. The molecule has 0 aromatic carbocycles. The molecule has 0 radical (unpaired) electrons. The molecule has 5 atom stereocenters. The molecule has 37 heavy (non-hydrogen) atoms. The van der Waals surface area contributed by atoms with Gasteiger partial charge in [-0.3, -0.25) is 0 Å². The smallest absolute Gasteiger partial charge is 0.192 e. The fraction of sp³-hybridized carbons (Fsp3) is 0.938. The Labute approximate surface area is 246 Å². The standard InChI is InChI=1S/C32H68O2PSi.BrH/c1-14-18-21-35(22-19-15-2,23-20-16-3)25-26(5)24-28(7)30(33)29(8)31(27(6)17-4)34-36(12,13)32(9,10)11;/h24,27-31,33H,14-23,25H2,1-13H3;1H/q+1;/p-1/b26-24+;/t27-,28+,29+,30-,31+;/m0./s1. The van der Waals surface area contributed by atoms with Crippen LogP contribution < -0.4 is 17.0 Å². The molecule has 5 heteroatoms. The van der Waals surface area contributed by atoms with Gasteiger partial charge >= 0.3 is 0 Å². The fourth-order valence-electron chi connectivity index (χ4n) is 5.35. The van der Waals surface area contributed by atoms with Crippen molar-refractivity contribution in [3.63, 3.8) is 0 Å². The van der Waals surface area contributed by atoms with Crippen LogP contribution in [-0.4, -0.2) is 50.3 Å². The van der Waals surface area contributed by atoms with Crippen LogP contribution >= 0.6 is 7.26 Å². The summed E-state index contributed by atoms with van der Waals surface area (Å²) in [6.45, 7) is 30.0. The lowest BCUT2D eigenvalue weighted by atomic mass is 9.83. The fourth-order valence-corrected chi connectivity index (χ4v) is 12.1. The predicted octanol–water partition coefficient (Wildman–Crippen LogP) is 7.42. The van der Waals surface area contributed by atoms with Crippen LogP contribution in [0.1, 0.15) is 121 Å². The number of aliphatic hydroxyl groups excluding tert-OH is 1. The van der Waals surface area contributed by atoms with E-state index in [2.05, 4.69) is 95.3 Å². The van der Waals surface area contributed by atoms with E-state index in [1.807, 2.05) is 0 Å². The van der Waals surface area contributed by atoms with E-state index in [0.29, 0.717) is 5.92 Å². The van der Waals surface area contributed by atoms with E-state index < -0.39 is 15.6 Å². The number of halogens is 1. The first-order valence-electron chi connectivity index (χ1n) is 15.5. The normalized spacial score (nSPS) is 17.6. The molecular formula is C32H68BrO2PSi. The Morgan fingerprint density at radius 1 is 0.892 bits per heavy atom. The van der Waals surface area contributed by atoms with Gasteiger partial charge in [0.2, 0.25) is 0 Å². The molecule has 0 aliphatic rings. The van der Waals surface area contributed by atoms with Crippen LogP contribution in [0, 0.1) is 17.8 Å². The topological polar surface area (TPSA) is 29.5 Å². The highest BCUT2D eigenvalue weighted by molar-refractivity contribution is 7.76. The molecule has 0 spiro atoms. The second-order valence-corrected chi connectivity index (χ2v) is 22.8. The summed E-state index contributed by atoms with van der Waals surface area (Å²) in [5.41, 5.74) is 1.52. The van der Waals surface area contributed by atoms with Gasteiger partial charge in [0.1, 0.15) is 0 Å². The van der Waals surface area contributed by atoms with E-state index in [1.54, 1.807) is 0 Å². The van der Waals surface area contributed by atoms with Crippen LogP contribution in [0.2, 0.25) is 18.1 Å². The van der Waals surface area contributed by atoms with Gasteiger partial charge in [0, 0.05) is 19.1 Å². The van der Waals surface area contributed by atoms with Crippen molar-refractivity contribution in [3.8, 4) is 0 Å². The van der Waals surface area contributed by atoms with Crippen LogP contribution in [0.5, 0.6) is 0 Å². The molecule has 0 unspecified atom stereocenters. The lowest BCUT2D eigenvalue weighted by Gasteiger charge is -2.44. The summed E-state index contributed by atoms with van der Waals surface area (Å²) in [7, 11) is -2.88. The van der Waals surface area contributed by atoms with Crippen molar-refractivity contribution in [2.75, 3.05) is 24.6 Å². The second kappa shape index (κ2) is 19.0. The van der Waals surface area contributed by atoms with Crippen LogP contribution in [0.3, 0.4) is 0 Å². The zero-order valence-corrected chi connectivity index (χ0v) is 30.9. The predicted molar refractivity (Wildman–Crippen MR) is 171 cm³/mol. The Morgan fingerprint density at radius 3 is 1.68 bits per heavy atom. The van der Waals surface area contributed by atoms with Crippen molar-refractivity contribution in [2.24, 2.45) is 17.8 Å². The number of unbranched alkanes of at least 4 members (excludes halogenated alkanes) is 3. The highest BCUT2D eigenvalue weighted by Crippen LogP contribution is 2.61. The van der Waals surface area contributed by atoms with Gasteiger partial charge in [-0.1, -0.05) is 101 Å². The average molecular weight is 624 g/mol. The maximum Gasteiger partial charge on any atom is 0.192 e. The Kier molecular flexibility index (Phi) is 20.5. The summed E-state index contributed by atoms with van der Waals surface area (Å²) in [4.78, 5) is 0. The molecule has 0 aromatic heterocycles. The monoisotopic (exact) mass is 622 g/mol. The number of allylic oxidation sites excluding steroid dienone is 1. The lowest BCUT2D eigenvalue weighted by molar-refractivity contribution is -0.0142. The van der Waals surface area contributed by atoms with E-state index in [4.69, 9.17) is 4.43 Å². The molecule has 1 N–H and O–H groups in total. The first kappa shape index (κ1) is 39.9. The maximum atomic E-state index is 11.6. The lowest BCUT2D eigenvalue weighted by Crippen LogP contribution is -3.00. The molecule has 0 amide bonds. The van der Waals surface area contributed by atoms with Gasteiger partial charge in [0.15, 0.2) is 8.32 Å². The number of hydrogen-bond donors (Lipinski definition) is 1. The second-order valence-electron chi connectivity index (χ2n) is 13.7. The van der Waals surface area contributed by atoms with Crippen molar-refractivity contribution < 1.29 is 26.5 Å². The van der Waals surface area contributed by atoms with Gasteiger partial charge in [-0.05, 0) is 55.8 Å². The highest BCUT2D eigenvalue weighted by atomic mass is 79.9. The maximum absolute atomic E-state index is 11.6. The SMILES string of the molecule is CCCC[P+](CCCC)(CCCC)C/C(C)=C/[C@@H](C)[C@H](O)[C@@H](C)[C@H](O[Si](C)(C)C(C)(C)C)[C@@H](C)CC.[Br-]. The molecule has 0 fully saturated rings. The molecule has 2 nitrogen and oxygen atoms in total. The third-order valence-electron chi connectivity index (χ3n) is 9.13. The van der Waals surface area contributed by atoms with Gasteiger partial charge in [-0.2, -0.15) is 0 Å². The van der Waals surface area contributed by atoms with Crippen LogP contribution in [0.4, 0.5) is 0 Å². The molecule has 0 aliphatic carbocycles. The first-order chi connectivity index (χ1) is 16.6. The number of aliphatic hydroxyl groups is 1. The summed E-state index contributed by atoms with van der Waals surface area (Å²) >= 11 is 0. The Bertz CT molecular complexity index is 595. The first-order valence-corrected chi connectivity index (χ1v) is 20.9. The van der Waals surface area contributed by atoms with Gasteiger partial charge in [0.05, 0.1) is 36.9 Å². The van der Waals surface area contributed by atoms with Crippen LogP contribution in [0.15, 0.2) is 11.6 Å². The minimum atomic E-state index is -1.91. The molecule has 0 aliphatic heterocycles. The van der Waals surface area contributed by atoms with Gasteiger partial charge in [-0.25, -0.2) is 0 Å². The third kappa shape index (κ3) is 13.8. The van der Waals surface area contributed by atoms with Gasteiger partial charge in [0.25, 0.3) is 0 Å². The molecule has 0 bridgehead atoms. The summed E-state index contributed by atoms with van der Waals surface area (Å²) in [6, 6.07) is 0. The van der Waals surface area contributed by atoms with Crippen molar-refractivity contribution in [1.29, 1.82) is 0 Å². The largest absolute Gasteiger partial charge is 1.00 e. The summed E-state index contributed by atoms with van der Waals surface area (Å²) in [5.74, 6) is 0.713. The van der Waals surface area contributed by atoms with Crippen molar-refractivity contribution in [1.82, 2.24) is 0 Å². The van der Waals surface area contributed by atoms with Crippen LogP contribution in [0.25, 0.3) is 0 Å². The van der Waals surface area contributed by atoms with Gasteiger partial charge < -0.3 is 26.5 Å². The zero-order valence-electron chi connectivity index (χ0n) is 27.4. The Morgan fingerprint density at radius 2 is 1.32 bits per heavy atom. The number of rotatable bonds is 19. The zero-order chi connectivity index (χ0) is 28.2. The van der Waals surface area contributed by atoms with Gasteiger partial charge in [-0.15, -0.1) is 0 Å². The Balaban J connectivity index is 0. The molecule has 0 heterocycles. The Hall–Kier alpha value is 0.787. The molecule has 0 rings (SSSR count). The van der Waals surface area contributed by atoms with E-state index in [9.17, 15) is 5.11 Å². The summed E-state index contributed by atoms with van der Waals surface area (Å²) in [6.07, 6.45) is 17.0. The minimum Gasteiger partial charge on any atom is -1.00 e.